The molecule has 5 rings (SSSR count). The van der Waals surface area contributed by atoms with Crippen molar-refractivity contribution >= 4 is 11.8 Å². The van der Waals surface area contributed by atoms with Crippen LogP contribution in [0.2, 0.25) is 0 Å². The van der Waals surface area contributed by atoms with Crippen molar-refractivity contribution in [2.45, 2.75) is 56.8 Å². The average molecular weight is 545 g/mol. The average Bonchev–Trinajstić information content (AvgIpc) is 3.01. The number of para-hydroxylation sites is 2. The molecule has 3 aromatic carbocycles. The highest BCUT2D eigenvalue weighted by Crippen LogP contribution is 2.36. The fourth-order valence-electron chi connectivity index (χ4n) is 5.43. The molecule has 0 spiro atoms. The molecule has 0 radical (unpaired) electrons. The summed E-state index contributed by atoms with van der Waals surface area (Å²) in [6.45, 7) is 0.252. The number of nitrogens with zero attached hydrogens (tertiary/aromatic N) is 1. The zero-order chi connectivity index (χ0) is 27.9. The van der Waals surface area contributed by atoms with Gasteiger partial charge in [0.25, 0.3) is 5.91 Å². The predicted molar refractivity (Wildman–Crippen MR) is 151 cm³/mol. The molecule has 1 saturated carbocycles. The van der Waals surface area contributed by atoms with Crippen molar-refractivity contribution in [2.24, 2.45) is 0 Å². The highest BCUT2D eigenvalue weighted by molar-refractivity contribution is 5.91. The minimum atomic E-state index is -0.935. The van der Waals surface area contributed by atoms with Crippen LogP contribution in [0.1, 0.15) is 49.3 Å². The van der Waals surface area contributed by atoms with E-state index in [2.05, 4.69) is 5.32 Å². The maximum atomic E-state index is 14.3. The summed E-state index contributed by atoms with van der Waals surface area (Å²) in [6, 6.07) is 21.4. The standard InChI is InChI=1S/C32H36N2O6/c1-37-25-18-17-23(19-28(25)38-2)30(31(35)33-24-13-7-4-8-14-24)34(20-22-11-5-3-6-12-22)32(36)29-21-39-26-15-9-10-16-27(26)40-29/h3,5-6,9-12,15-19,24,29-30H,4,7-8,13-14,20-21H2,1-2H3,(H,33,35). The molecule has 1 aliphatic heterocycles. The van der Waals surface area contributed by atoms with E-state index in [9.17, 15) is 9.59 Å². The third kappa shape index (κ3) is 6.17. The van der Waals surface area contributed by atoms with Gasteiger partial charge < -0.3 is 29.2 Å². The van der Waals surface area contributed by atoms with E-state index in [4.69, 9.17) is 18.9 Å². The lowest BCUT2D eigenvalue weighted by Crippen LogP contribution is -2.52. The Morgan fingerprint density at radius 2 is 1.60 bits per heavy atom. The van der Waals surface area contributed by atoms with Crippen LogP contribution in [0.15, 0.2) is 72.8 Å². The zero-order valence-corrected chi connectivity index (χ0v) is 23.0. The number of fused-ring (bicyclic) bond motifs is 1. The van der Waals surface area contributed by atoms with Crippen molar-refractivity contribution in [3.8, 4) is 23.0 Å². The van der Waals surface area contributed by atoms with E-state index in [1.807, 2.05) is 54.6 Å². The summed E-state index contributed by atoms with van der Waals surface area (Å²) in [7, 11) is 3.12. The number of rotatable bonds is 9. The number of benzene rings is 3. The van der Waals surface area contributed by atoms with Crippen LogP contribution >= 0.6 is 0 Å². The molecule has 1 aliphatic carbocycles. The minimum absolute atomic E-state index is 0.0457. The summed E-state index contributed by atoms with van der Waals surface area (Å²) in [6.07, 6.45) is 4.26. The zero-order valence-electron chi connectivity index (χ0n) is 23.0. The van der Waals surface area contributed by atoms with E-state index in [-0.39, 0.29) is 31.0 Å². The first-order chi connectivity index (χ1) is 19.6. The van der Waals surface area contributed by atoms with Gasteiger partial charge in [0.1, 0.15) is 12.6 Å². The van der Waals surface area contributed by atoms with Crippen LogP contribution in [0, 0.1) is 0 Å². The fraction of sp³-hybridized carbons (Fsp3) is 0.375. The monoisotopic (exact) mass is 544 g/mol. The summed E-state index contributed by atoms with van der Waals surface area (Å²) in [4.78, 5) is 30.0. The highest BCUT2D eigenvalue weighted by Gasteiger charge is 2.39. The van der Waals surface area contributed by atoms with Crippen molar-refractivity contribution in [2.75, 3.05) is 20.8 Å². The van der Waals surface area contributed by atoms with E-state index >= 15 is 0 Å². The molecule has 8 nitrogen and oxygen atoms in total. The SMILES string of the molecule is COc1ccc(C(C(=O)NC2CCCCC2)N(Cc2ccccc2)C(=O)C2COc3ccccc3O2)cc1OC. The Hall–Kier alpha value is -4.20. The van der Waals surface area contributed by atoms with Crippen LogP contribution in [0.4, 0.5) is 0 Å². The molecule has 8 heteroatoms. The summed E-state index contributed by atoms with van der Waals surface area (Å²) in [5.74, 6) is 1.54. The van der Waals surface area contributed by atoms with Crippen LogP contribution in [-0.4, -0.2) is 49.7 Å². The lowest BCUT2D eigenvalue weighted by atomic mass is 9.94. The van der Waals surface area contributed by atoms with Gasteiger partial charge in [-0.15, -0.1) is 0 Å². The summed E-state index contributed by atoms with van der Waals surface area (Å²) in [5, 5.41) is 3.25. The molecule has 0 bridgehead atoms. The van der Waals surface area contributed by atoms with Gasteiger partial charge in [-0.25, -0.2) is 0 Å². The molecule has 210 valence electrons. The summed E-state index contributed by atoms with van der Waals surface area (Å²) >= 11 is 0. The number of hydrogen-bond donors (Lipinski definition) is 1. The van der Waals surface area contributed by atoms with Gasteiger partial charge in [0.05, 0.1) is 14.2 Å². The van der Waals surface area contributed by atoms with Gasteiger partial charge in [0.2, 0.25) is 12.0 Å². The van der Waals surface area contributed by atoms with E-state index in [0.717, 1.165) is 31.2 Å². The molecule has 3 aromatic rings. The number of carbonyl (C=O) groups excluding carboxylic acids is 2. The molecular weight excluding hydrogens is 508 g/mol. The van der Waals surface area contributed by atoms with Gasteiger partial charge in [-0.2, -0.15) is 0 Å². The van der Waals surface area contributed by atoms with Crippen LogP contribution < -0.4 is 24.3 Å². The smallest absolute Gasteiger partial charge is 0.268 e. The Balaban J connectivity index is 1.54. The Morgan fingerprint density at radius 1 is 0.900 bits per heavy atom. The molecule has 0 aromatic heterocycles. The van der Waals surface area contributed by atoms with Gasteiger partial charge in [0, 0.05) is 12.6 Å². The molecule has 0 saturated heterocycles. The third-order valence-corrected chi connectivity index (χ3v) is 7.50. The highest BCUT2D eigenvalue weighted by atomic mass is 16.6. The van der Waals surface area contributed by atoms with Crippen molar-refractivity contribution in [3.05, 3.63) is 83.9 Å². The maximum Gasteiger partial charge on any atom is 0.268 e. The maximum absolute atomic E-state index is 14.3. The Kier molecular flexibility index (Phi) is 8.74. The normalized spacial score (nSPS) is 17.4. The molecule has 1 heterocycles. The van der Waals surface area contributed by atoms with Crippen molar-refractivity contribution < 1.29 is 28.5 Å². The number of amides is 2. The van der Waals surface area contributed by atoms with Crippen LogP contribution in [-0.2, 0) is 16.1 Å². The largest absolute Gasteiger partial charge is 0.493 e. The second-order valence-electron chi connectivity index (χ2n) is 10.2. The number of ether oxygens (including phenoxy) is 4. The van der Waals surface area contributed by atoms with E-state index in [0.29, 0.717) is 28.6 Å². The van der Waals surface area contributed by atoms with Gasteiger partial charge >= 0.3 is 0 Å². The lowest BCUT2D eigenvalue weighted by Gasteiger charge is -2.36. The summed E-state index contributed by atoms with van der Waals surface area (Å²) < 4.78 is 23.0. The number of carbonyl (C=O) groups is 2. The molecule has 2 atom stereocenters. The number of hydrogen-bond acceptors (Lipinski definition) is 6. The van der Waals surface area contributed by atoms with Crippen molar-refractivity contribution in [1.82, 2.24) is 10.2 Å². The minimum Gasteiger partial charge on any atom is -0.493 e. The quantitative estimate of drug-likeness (QED) is 0.405. The first-order valence-electron chi connectivity index (χ1n) is 13.8. The first-order valence-corrected chi connectivity index (χ1v) is 13.8. The molecule has 2 aliphatic rings. The number of methoxy groups -OCH3 is 2. The number of nitrogens with one attached hydrogen (secondary N) is 1. The van der Waals surface area contributed by atoms with Crippen LogP contribution in [0.5, 0.6) is 23.0 Å². The Morgan fingerprint density at radius 3 is 2.33 bits per heavy atom. The molecule has 1 N–H and O–H groups in total. The molecule has 40 heavy (non-hydrogen) atoms. The lowest BCUT2D eigenvalue weighted by molar-refractivity contribution is -0.149. The van der Waals surface area contributed by atoms with Gasteiger partial charge in [0.15, 0.2) is 23.0 Å². The van der Waals surface area contributed by atoms with Crippen LogP contribution in [0.25, 0.3) is 0 Å². The topological polar surface area (TPSA) is 86.3 Å². The first kappa shape index (κ1) is 27.4. The van der Waals surface area contributed by atoms with Crippen LogP contribution in [0.3, 0.4) is 0 Å². The molecule has 2 amide bonds. The van der Waals surface area contributed by atoms with E-state index in [1.54, 1.807) is 37.3 Å². The summed E-state index contributed by atoms with van der Waals surface area (Å²) in [5.41, 5.74) is 1.51. The van der Waals surface area contributed by atoms with E-state index < -0.39 is 12.1 Å². The van der Waals surface area contributed by atoms with Gasteiger partial charge in [-0.3, -0.25) is 9.59 Å². The Labute approximate surface area is 235 Å². The third-order valence-electron chi connectivity index (χ3n) is 7.50. The van der Waals surface area contributed by atoms with E-state index in [1.165, 1.54) is 6.42 Å². The Bertz CT molecular complexity index is 1310. The second kappa shape index (κ2) is 12.8. The predicted octanol–water partition coefficient (Wildman–Crippen LogP) is 5.06. The van der Waals surface area contributed by atoms with Gasteiger partial charge in [-0.05, 0) is 48.2 Å². The van der Waals surface area contributed by atoms with Crippen molar-refractivity contribution in [1.29, 1.82) is 0 Å². The second-order valence-corrected chi connectivity index (χ2v) is 10.2. The van der Waals surface area contributed by atoms with Gasteiger partial charge in [-0.1, -0.05) is 67.8 Å². The molecular formula is C32H36N2O6. The fourth-order valence-corrected chi connectivity index (χ4v) is 5.43. The van der Waals surface area contributed by atoms with Crippen molar-refractivity contribution in [3.63, 3.8) is 0 Å². The molecule has 1 fully saturated rings. The molecule has 2 unspecified atom stereocenters.